The summed E-state index contributed by atoms with van der Waals surface area (Å²) in [4.78, 5) is 40.3. The van der Waals surface area contributed by atoms with Gasteiger partial charge in [-0.15, -0.1) is 11.8 Å². The van der Waals surface area contributed by atoms with Crippen LogP contribution in [0.4, 0.5) is 15.8 Å². The van der Waals surface area contributed by atoms with Gasteiger partial charge in [0.1, 0.15) is 11.5 Å². The van der Waals surface area contributed by atoms with Crippen LogP contribution >= 0.6 is 23.4 Å². The van der Waals surface area contributed by atoms with Crippen LogP contribution in [0.2, 0.25) is 5.02 Å². The molecule has 0 fully saturated rings. The SMILES string of the molecule is CCC(Sc1cccc(NC(=O)/C(=C\c2c(F)cccc2Cl)NC(=O)c2ccccc2)c1)C(=O)Nc1c(C)cccc1C. The largest absolute Gasteiger partial charge is 0.325 e. The Labute approximate surface area is 259 Å². The van der Waals surface area contributed by atoms with Gasteiger partial charge in [0.15, 0.2) is 0 Å². The first-order valence-electron chi connectivity index (χ1n) is 13.6. The fourth-order valence-electron chi connectivity index (χ4n) is 4.28. The summed E-state index contributed by atoms with van der Waals surface area (Å²) in [5.41, 5.74) is 3.30. The van der Waals surface area contributed by atoms with Crippen molar-refractivity contribution in [1.29, 1.82) is 0 Å². The number of hydrogen-bond donors (Lipinski definition) is 3. The van der Waals surface area contributed by atoms with Crippen molar-refractivity contribution < 1.29 is 18.8 Å². The normalized spacial score (nSPS) is 11.9. The second-order valence-electron chi connectivity index (χ2n) is 9.77. The third-order valence-corrected chi connectivity index (χ3v) is 8.27. The van der Waals surface area contributed by atoms with Crippen LogP contribution in [0.15, 0.2) is 102 Å². The fraction of sp³-hybridized carbons (Fsp3) is 0.147. The molecule has 0 saturated carbocycles. The molecule has 220 valence electrons. The number of para-hydroxylation sites is 1. The number of benzene rings is 4. The van der Waals surface area contributed by atoms with Crippen LogP contribution in [0.1, 0.15) is 40.4 Å². The Kier molecular flexibility index (Phi) is 10.8. The number of hydrogen-bond acceptors (Lipinski definition) is 4. The Morgan fingerprint density at radius 1 is 0.884 bits per heavy atom. The van der Waals surface area contributed by atoms with Crippen molar-refractivity contribution >= 4 is 58.5 Å². The number of anilines is 2. The minimum atomic E-state index is -0.675. The summed E-state index contributed by atoms with van der Waals surface area (Å²) in [6.45, 7) is 5.84. The molecule has 0 aliphatic rings. The summed E-state index contributed by atoms with van der Waals surface area (Å²) < 4.78 is 14.6. The Morgan fingerprint density at radius 3 is 2.23 bits per heavy atom. The average molecular weight is 616 g/mol. The zero-order chi connectivity index (χ0) is 30.9. The van der Waals surface area contributed by atoms with E-state index in [0.717, 1.165) is 21.7 Å². The summed E-state index contributed by atoms with van der Waals surface area (Å²) in [5.74, 6) is -1.98. The second-order valence-corrected chi connectivity index (χ2v) is 11.4. The molecule has 0 aromatic heterocycles. The van der Waals surface area contributed by atoms with E-state index < -0.39 is 17.6 Å². The Balaban J connectivity index is 1.54. The van der Waals surface area contributed by atoms with E-state index in [4.69, 9.17) is 11.6 Å². The van der Waals surface area contributed by atoms with E-state index in [1.807, 2.05) is 45.0 Å². The van der Waals surface area contributed by atoms with E-state index in [1.54, 1.807) is 48.5 Å². The lowest BCUT2D eigenvalue weighted by Gasteiger charge is -2.18. The molecule has 0 bridgehead atoms. The molecule has 0 saturated heterocycles. The molecule has 4 aromatic carbocycles. The number of aryl methyl sites for hydroxylation is 2. The predicted octanol–water partition coefficient (Wildman–Crippen LogP) is 8.01. The molecule has 3 N–H and O–H groups in total. The first-order valence-corrected chi connectivity index (χ1v) is 14.9. The van der Waals surface area contributed by atoms with Gasteiger partial charge in [-0.3, -0.25) is 14.4 Å². The van der Waals surface area contributed by atoms with Gasteiger partial charge in [0.25, 0.3) is 11.8 Å². The van der Waals surface area contributed by atoms with Gasteiger partial charge >= 0.3 is 0 Å². The molecule has 4 rings (SSSR count). The number of carbonyl (C=O) groups excluding carboxylic acids is 3. The van der Waals surface area contributed by atoms with E-state index in [2.05, 4.69) is 16.0 Å². The van der Waals surface area contributed by atoms with Crippen molar-refractivity contribution in [3.05, 3.63) is 130 Å². The van der Waals surface area contributed by atoms with E-state index in [-0.39, 0.29) is 27.4 Å². The van der Waals surface area contributed by atoms with E-state index >= 15 is 0 Å². The van der Waals surface area contributed by atoms with Crippen molar-refractivity contribution in [2.24, 2.45) is 0 Å². The maximum absolute atomic E-state index is 14.6. The molecule has 9 heteroatoms. The third-order valence-electron chi connectivity index (χ3n) is 6.58. The molecule has 6 nitrogen and oxygen atoms in total. The molecule has 0 spiro atoms. The molecule has 0 radical (unpaired) electrons. The van der Waals surface area contributed by atoms with Crippen molar-refractivity contribution in [2.75, 3.05) is 10.6 Å². The number of rotatable bonds is 10. The monoisotopic (exact) mass is 615 g/mol. The smallest absolute Gasteiger partial charge is 0.272 e. The Morgan fingerprint density at radius 2 is 1.56 bits per heavy atom. The van der Waals surface area contributed by atoms with Gasteiger partial charge in [0.2, 0.25) is 5.91 Å². The van der Waals surface area contributed by atoms with Gasteiger partial charge in [-0.25, -0.2) is 4.39 Å². The van der Waals surface area contributed by atoms with Crippen LogP contribution in [0.5, 0.6) is 0 Å². The summed E-state index contributed by atoms with van der Waals surface area (Å²) in [5, 5.41) is 8.12. The quantitative estimate of drug-likeness (QED) is 0.125. The minimum absolute atomic E-state index is 0.0346. The molecular formula is C34H31ClFN3O3S. The highest BCUT2D eigenvalue weighted by molar-refractivity contribution is 8.00. The predicted molar refractivity (Wildman–Crippen MR) is 173 cm³/mol. The summed E-state index contributed by atoms with van der Waals surface area (Å²) in [7, 11) is 0. The first-order chi connectivity index (χ1) is 20.7. The summed E-state index contributed by atoms with van der Waals surface area (Å²) in [6.07, 6.45) is 1.79. The van der Waals surface area contributed by atoms with Crippen LogP contribution in [-0.2, 0) is 9.59 Å². The van der Waals surface area contributed by atoms with Gasteiger partial charge in [-0.2, -0.15) is 0 Å². The van der Waals surface area contributed by atoms with Crippen molar-refractivity contribution in [3.8, 4) is 0 Å². The minimum Gasteiger partial charge on any atom is -0.325 e. The first kappa shape index (κ1) is 31.5. The topological polar surface area (TPSA) is 87.3 Å². The highest BCUT2D eigenvalue weighted by atomic mass is 35.5. The van der Waals surface area contributed by atoms with E-state index in [0.29, 0.717) is 17.7 Å². The average Bonchev–Trinajstić information content (AvgIpc) is 2.99. The maximum atomic E-state index is 14.6. The van der Waals surface area contributed by atoms with Gasteiger partial charge in [-0.05, 0) is 79.9 Å². The molecule has 1 unspecified atom stereocenters. The van der Waals surface area contributed by atoms with Gasteiger partial charge < -0.3 is 16.0 Å². The zero-order valence-electron chi connectivity index (χ0n) is 23.9. The van der Waals surface area contributed by atoms with Crippen molar-refractivity contribution in [3.63, 3.8) is 0 Å². The summed E-state index contributed by atoms with van der Waals surface area (Å²) >= 11 is 7.58. The summed E-state index contributed by atoms with van der Waals surface area (Å²) in [6, 6.07) is 25.4. The highest BCUT2D eigenvalue weighted by Gasteiger charge is 2.21. The van der Waals surface area contributed by atoms with Gasteiger partial charge in [0.05, 0.1) is 10.3 Å². The van der Waals surface area contributed by atoms with Crippen LogP contribution < -0.4 is 16.0 Å². The lowest BCUT2D eigenvalue weighted by molar-refractivity contribution is -0.116. The highest BCUT2D eigenvalue weighted by Crippen LogP contribution is 2.30. The van der Waals surface area contributed by atoms with Crippen molar-refractivity contribution in [2.45, 2.75) is 37.3 Å². The zero-order valence-corrected chi connectivity index (χ0v) is 25.5. The Hall–Kier alpha value is -4.40. The molecule has 1 atom stereocenters. The van der Waals surface area contributed by atoms with Gasteiger partial charge in [-0.1, -0.05) is 67.1 Å². The molecule has 0 aliphatic carbocycles. The van der Waals surface area contributed by atoms with E-state index in [9.17, 15) is 18.8 Å². The maximum Gasteiger partial charge on any atom is 0.272 e. The van der Waals surface area contributed by atoms with Gasteiger partial charge in [0, 0.05) is 27.4 Å². The lowest BCUT2D eigenvalue weighted by atomic mass is 10.1. The molecule has 0 aliphatic heterocycles. The number of amides is 3. The third kappa shape index (κ3) is 8.34. The van der Waals surface area contributed by atoms with Crippen LogP contribution in [0.25, 0.3) is 6.08 Å². The van der Waals surface area contributed by atoms with Crippen LogP contribution in [-0.4, -0.2) is 23.0 Å². The number of nitrogens with one attached hydrogen (secondary N) is 3. The molecule has 4 aromatic rings. The Bertz CT molecular complexity index is 1640. The molecular weight excluding hydrogens is 585 g/mol. The molecule has 43 heavy (non-hydrogen) atoms. The standard InChI is InChI=1S/C34H31ClFN3O3S/c1-4-30(34(42)39-31-21(2)11-8-12-22(31)3)43-25-16-9-15-24(19-25)37-33(41)29(20-26-27(35)17-10-18-28(26)36)38-32(40)23-13-6-5-7-14-23/h5-20,30H,4H2,1-3H3,(H,37,41)(H,38,40)(H,39,42)/b29-20+. The number of thioether (sulfide) groups is 1. The van der Waals surface area contributed by atoms with Crippen LogP contribution in [0.3, 0.4) is 0 Å². The van der Waals surface area contributed by atoms with Crippen molar-refractivity contribution in [1.82, 2.24) is 5.32 Å². The van der Waals surface area contributed by atoms with Crippen LogP contribution in [0, 0.1) is 19.7 Å². The number of carbonyl (C=O) groups is 3. The molecule has 0 heterocycles. The number of halogens is 2. The lowest BCUT2D eigenvalue weighted by Crippen LogP contribution is -2.30. The fourth-order valence-corrected chi connectivity index (χ4v) is 5.51. The molecule has 3 amide bonds. The van der Waals surface area contributed by atoms with E-state index in [1.165, 1.54) is 36.0 Å². The second kappa shape index (κ2) is 14.7.